The molecule has 1 unspecified atom stereocenters. The lowest BCUT2D eigenvalue weighted by atomic mass is 9.76. The standard InChI is InChI=1S/C18H31N3OS.2C2HF3O2/c1-14(2)21-12-18(9-16(21)11-22-4)5-7-20(8-6-18)10-17-15(3)19-13-23-17;2*3-2(4,5)1(6)7/h13-14,16H,5-12H2,1-4H3;2*(H,6,7). The first-order valence-electron chi connectivity index (χ1n) is 11.4. The third kappa shape index (κ3) is 10.7. The first kappa shape index (κ1) is 33.1. The Hall–Kier alpha value is -1.97. The maximum atomic E-state index is 10.6. The van der Waals surface area contributed by atoms with Gasteiger partial charge in [-0.05, 0) is 58.5 Å². The molecule has 15 heteroatoms. The minimum Gasteiger partial charge on any atom is -0.475 e. The molecule has 2 aliphatic rings. The minimum absolute atomic E-state index is 0.521. The number of hydrogen-bond donors (Lipinski definition) is 2. The largest absolute Gasteiger partial charge is 0.490 e. The van der Waals surface area contributed by atoms with Crippen LogP contribution >= 0.6 is 11.3 Å². The van der Waals surface area contributed by atoms with Crippen molar-refractivity contribution in [3.05, 3.63) is 16.1 Å². The molecule has 0 radical (unpaired) electrons. The molecule has 2 fully saturated rings. The Morgan fingerprint density at radius 3 is 1.97 bits per heavy atom. The van der Waals surface area contributed by atoms with Crippen LogP contribution in [0, 0.1) is 12.3 Å². The summed E-state index contributed by atoms with van der Waals surface area (Å²) in [5, 5.41) is 14.2. The maximum absolute atomic E-state index is 10.6. The monoisotopic (exact) mass is 565 g/mol. The van der Waals surface area contributed by atoms with Crippen LogP contribution in [-0.4, -0.2) is 94.7 Å². The number of aryl methyl sites for hydroxylation is 1. The van der Waals surface area contributed by atoms with Crippen molar-refractivity contribution in [3.63, 3.8) is 0 Å². The molecular weight excluding hydrogens is 532 g/mol. The van der Waals surface area contributed by atoms with Gasteiger partial charge in [-0.3, -0.25) is 9.80 Å². The number of carbonyl (C=O) groups is 2. The van der Waals surface area contributed by atoms with Gasteiger partial charge >= 0.3 is 24.3 Å². The molecule has 8 nitrogen and oxygen atoms in total. The molecule has 2 aliphatic heterocycles. The molecule has 2 saturated heterocycles. The van der Waals surface area contributed by atoms with Crippen molar-refractivity contribution >= 4 is 23.3 Å². The van der Waals surface area contributed by atoms with Gasteiger partial charge in [-0.15, -0.1) is 11.3 Å². The Kier molecular flexibility index (Phi) is 12.3. The van der Waals surface area contributed by atoms with Crippen molar-refractivity contribution in [3.8, 4) is 0 Å². The Morgan fingerprint density at radius 1 is 1.14 bits per heavy atom. The molecule has 3 rings (SSSR count). The second kappa shape index (κ2) is 13.7. The lowest BCUT2D eigenvalue weighted by Crippen LogP contribution is -2.42. The minimum atomic E-state index is -5.08. The van der Waals surface area contributed by atoms with Crippen LogP contribution in [0.25, 0.3) is 0 Å². The predicted molar refractivity (Wildman–Crippen MR) is 123 cm³/mol. The highest BCUT2D eigenvalue weighted by molar-refractivity contribution is 7.09. The van der Waals surface area contributed by atoms with Crippen molar-refractivity contribution in [1.82, 2.24) is 14.8 Å². The molecule has 2 N–H and O–H groups in total. The van der Waals surface area contributed by atoms with Crippen LogP contribution in [0.1, 0.15) is 43.7 Å². The van der Waals surface area contributed by atoms with Crippen molar-refractivity contribution in [2.75, 3.05) is 33.4 Å². The molecule has 37 heavy (non-hydrogen) atoms. The number of aliphatic carboxylic acids is 2. The molecule has 0 amide bonds. The maximum Gasteiger partial charge on any atom is 0.490 e. The fourth-order valence-corrected chi connectivity index (χ4v) is 5.20. The van der Waals surface area contributed by atoms with Crippen molar-refractivity contribution in [1.29, 1.82) is 0 Å². The van der Waals surface area contributed by atoms with Gasteiger partial charge in [0.05, 0.1) is 17.8 Å². The number of methoxy groups -OCH3 is 1. The number of piperidine rings is 1. The summed E-state index contributed by atoms with van der Waals surface area (Å²) in [6.07, 6.45) is -6.20. The smallest absolute Gasteiger partial charge is 0.475 e. The van der Waals surface area contributed by atoms with Crippen LogP contribution in [0.3, 0.4) is 0 Å². The molecule has 1 atom stereocenters. The molecule has 3 heterocycles. The first-order valence-corrected chi connectivity index (χ1v) is 12.3. The Balaban J connectivity index is 0.000000404. The van der Waals surface area contributed by atoms with Gasteiger partial charge in [-0.1, -0.05) is 0 Å². The van der Waals surface area contributed by atoms with Gasteiger partial charge in [0.1, 0.15) is 0 Å². The number of carboxylic acids is 2. The lowest BCUT2D eigenvalue weighted by Gasteiger charge is -2.39. The number of aromatic nitrogens is 1. The Bertz CT molecular complexity index is 846. The van der Waals surface area contributed by atoms with Gasteiger partial charge in [0, 0.05) is 37.2 Å². The number of thiazole rings is 1. The highest BCUT2D eigenvalue weighted by Gasteiger charge is 2.46. The zero-order chi connectivity index (χ0) is 28.6. The van der Waals surface area contributed by atoms with E-state index in [1.807, 2.05) is 12.6 Å². The lowest BCUT2D eigenvalue weighted by molar-refractivity contribution is -0.193. The van der Waals surface area contributed by atoms with Gasteiger partial charge < -0.3 is 14.9 Å². The average Bonchev–Trinajstić information content (AvgIpc) is 3.33. The van der Waals surface area contributed by atoms with E-state index in [-0.39, 0.29) is 0 Å². The van der Waals surface area contributed by atoms with E-state index in [9.17, 15) is 26.3 Å². The molecule has 0 aromatic carbocycles. The predicted octanol–water partition coefficient (Wildman–Crippen LogP) is 4.43. The summed E-state index contributed by atoms with van der Waals surface area (Å²) >= 11 is 1.80. The van der Waals surface area contributed by atoms with Crippen LogP contribution in [-0.2, 0) is 20.9 Å². The van der Waals surface area contributed by atoms with Crippen LogP contribution in [0.15, 0.2) is 5.51 Å². The van der Waals surface area contributed by atoms with Gasteiger partial charge in [0.15, 0.2) is 0 Å². The molecule has 214 valence electrons. The number of carboxylic acid groups (broad SMARTS) is 2. The van der Waals surface area contributed by atoms with Gasteiger partial charge in [-0.25, -0.2) is 14.6 Å². The molecule has 0 bridgehead atoms. The fourth-order valence-electron chi connectivity index (χ4n) is 4.38. The molecule has 0 aliphatic carbocycles. The average molecular weight is 566 g/mol. The molecule has 1 spiro atoms. The SMILES string of the molecule is COCC1CC2(CCN(Cc3scnc3C)CC2)CN1C(C)C.O=C(O)C(F)(F)F.O=C(O)C(F)(F)F. The van der Waals surface area contributed by atoms with Crippen molar-refractivity contribution < 1.29 is 50.9 Å². The Morgan fingerprint density at radius 2 is 1.62 bits per heavy atom. The molecular formula is C22H33F6N3O5S. The number of halogens is 6. The summed E-state index contributed by atoms with van der Waals surface area (Å²) in [5.41, 5.74) is 3.71. The summed E-state index contributed by atoms with van der Waals surface area (Å²) in [4.78, 5) is 28.9. The van der Waals surface area contributed by atoms with Crippen LogP contribution < -0.4 is 0 Å². The van der Waals surface area contributed by atoms with E-state index in [1.165, 1.54) is 49.5 Å². The van der Waals surface area contributed by atoms with Gasteiger partial charge in [-0.2, -0.15) is 26.3 Å². The summed E-state index contributed by atoms with van der Waals surface area (Å²) in [7, 11) is 1.84. The number of hydrogen-bond acceptors (Lipinski definition) is 7. The van der Waals surface area contributed by atoms with Crippen LogP contribution in [0.4, 0.5) is 26.3 Å². The van der Waals surface area contributed by atoms with Gasteiger partial charge in [0.25, 0.3) is 0 Å². The topological polar surface area (TPSA) is 103 Å². The molecule has 1 aromatic heterocycles. The molecule has 0 saturated carbocycles. The Labute approximate surface area is 215 Å². The van der Waals surface area contributed by atoms with E-state index in [2.05, 4.69) is 35.6 Å². The number of likely N-dealkylation sites (tertiary alicyclic amines) is 2. The summed E-state index contributed by atoms with van der Waals surface area (Å²) in [6, 6.07) is 1.22. The zero-order valence-corrected chi connectivity index (χ0v) is 21.8. The van der Waals surface area contributed by atoms with Crippen LogP contribution in [0.2, 0.25) is 0 Å². The fraction of sp³-hybridized carbons (Fsp3) is 0.773. The second-order valence-electron chi connectivity index (χ2n) is 9.32. The number of nitrogens with zero attached hydrogens (tertiary/aromatic N) is 3. The zero-order valence-electron chi connectivity index (χ0n) is 21.0. The summed E-state index contributed by atoms with van der Waals surface area (Å²) in [5.74, 6) is -5.51. The normalized spacial score (nSPS) is 20.2. The van der Waals surface area contributed by atoms with E-state index >= 15 is 0 Å². The summed E-state index contributed by atoms with van der Waals surface area (Å²) < 4.78 is 69.0. The number of alkyl halides is 6. The highest BCUT2D eigenvalue weighted by atomic mass is 32.1. The number of rotatable bonds is 5. The number of ether oxygens (including phenoxy) is 1. The van der Waals surface area contributed by atoms with E-state index in [1.54, 1.807) is 11.3 Å². The van der Waals surface area contributed by atoms with E-state index in [0.717, 1.165) is 13.2 Å². The quantitative estimate of drug-likeness (QED) is 0.506. The van der Waals surface area contributed by atoms with E-state index in [0.29, 0.717) is 17.5 Å². The van der Waals surface area contributed by atoms with Gasteiger partial charge in [0.2, 0.25) is 0 Å². The van der Waals surface area contributed by atoms with E-state index in [4.69, 9.17) is 24.5 Å². The summed E-state index contributed by atoms with van der Waals surface area (Å²) in [6.45, 7) is 12.4. The van der Waals surface area contributed by atoms with E-state index < -0.39 is 24.3 Å². The molecule has 1 aromatic rings. The third-order valence-corrected chi connectivity index (χ3v) is 7.21. The third-order valence-electron chi connectivity index (χ3n) is 6.29. The second-order valence-corrected chi connectivity index (χ2v) is 10.3. The van der Waals surface area contributed by atoms with Crippen molar-refractivity contribution in [2.24, 2.45) is 5.41 Å². The first-order chi connectivity index (χ1) is 16.9. The van der Waals surface area contributed by atoms with Crippen LogP contribution in [0.5, 0.6) is 0 Å². The highest BCUT2D eigenvalue weighted by Crippen LogP contribution is 2.44. The van der Waals surface area contributed by atoms with Crippen molar-refractivity contribution in [2.45, 2.75) is 71.0 Å².